The molecule has 0 radical (unpaired) electrons. The number of hydrogen-bond donors (Lipinski definition) is 0. The number of pyridine rings is 1. The van der Waals surface area contributed by atoms with Gasteiger partial charge in [-0.2, -0.15) is 8.42 Å². The van der Waals surface area contributed by atoms with Gasteiger partial charge in [-0.1, -0.05) is 17.7 Å². The summed E-state index contributed by atoms with van der Waals surface area (Å²) in [6.45, 7) is 1.67. The van der Waals surface area contributed by atoms with Crippen molar-refractivity contribution in [1.82, 2.24) is 4.98 Å². The van der Waals surface area contributed by atoms with Crippen LogP contribution in [0.4, 0.5) is 3.89 Å². The first kappa shape index (κ1) is 10.4. The van der Waals surface area contributed by atoms with E-state index in [2.05, 4.69) is 4.98 Å². The predicted molar refractivity (Wildman–Crippen MR) is 47.7 cm³/mol. The van der Waals surface area contributed by atoms with Gasteiger partial charge in [0, 0.05) is 6.20 Å². The van der Waals surface area contributed by atoms with Crippen LogP contribution in [0.1, 0.15) is 11.1 Å². The molecule has 0 fully saturated rings. The minimum atomic E-state index is -4.49. The Morgan fingerprint density at radius 2 is 2.23 bits per heavy atom. The lowest BCUT2D eigenvalue weighted by Crippen LogP contribution is -1.97. The van der Waals surface area contributed by atoms with E-state index in [0.29, 0.717) is 16.3 Å². The van der Waals surface area contributed by atoms with Crippen molar-refractivity contribution in [2.75, 3.05) is 0 Å². The first-order valence-electron chi connectivity index (χ1n) is 3.42. The van der Waals surface area contributed by atoms with E-state index in [1.165, 1.54) is 12.3 Å². The third kappa shape index (κ3) is 3.28. The molecule has 1 aromatic rings. The molecule has 72 valence electrons. The van der Waals surface area contributed by atoms with Crippen molar-refractivity contribution in [2.45, 2.75) is 12.7 Å². The zero-order valence-electron chi connectivity index (χ0n) is 6.79. The van der Waals surface area contributed by atoms with Crippen LogP contribution in [-0.4, -0.2) is 13.4 Å². The molecule has 13 heavy (non-hydrogen) atoms. The summed E-state index contributed by atoms with van der Waals surface area (Å²) in [7, 11) is -4.49. The highest BCUT2D eigenvalue weighted by Gasteiger charge is 2.09. The lowest BCUT2D eigenvalue weighted by molar-refractivity contribution is 0.551. The van der Waals surface area contributed by atoms with Crippen LogP contribution in [0.2, 0.25) is 5.15 Å². The molecule has 0 unspecified atom stereocenters. The van der Waals surface area contributed by atoms with Crippen LogP contribution in [-0.2, 0) is 16.0 Å². The van der Waals surface area contributed by atoms with Crippen LogP contribution in [0, 0.1) is 6.92 Å². The van der Waals surface area contributed by atoms with Crippen molar-refractivity contribution in [3.63, 3.8) is 0 Å². The van der Waals surface area contributed by atoms with Gasteiger partial charge in [0.2, 0.25) is 0 Å². The van der Waals surface area contributed by atoms with Gasteiger partial charge >= 0.3 is 10.2 Å². The lowest BCUT2D eigenvalue weighted by atomic mass is 10.2. The molecular formula is C7H7ClFNO2S. The molecule has 0 aromatic carbocycles. The standard InChI is InChI=1S/C7H7ClFNO2S/c1-5-2-6(3-10-7(5)8)4-13(9,11)12/h2-3H,4H2,1H3. The Morgan fingerprint density at radius 3 is 2.69 bits per heavy atom. The van der Waals surface area contributed by atoms with E-state index in [1.54, 1.807) is 6.92 Å². The van der Waals surface area contributed by atoms with Crippen LogP contribution >= 0.6 is 11.6 Å². The van der Waals surface area contributed by atoms with E-state index >= 15 is 0 Å². The Kier molecular flexibility index (Phi) is 2.87. The van der Waals surface area contributed by atoms with Crippen molar-refractivity contribution in [3.05, 3.63) is 28.5 Å². The highest BCUT2D eigenvalue weighted by atomic mass is 35.5. The number of rotatable bonds is 2. The van der Waals surface area contributed by atoms with Crippen LogP contribution in [0.15, 0.2) is 12.3 Å². The van der Waals surface area contributed by atoms with Gasteiger partial charge in [0.1, 0.15) is 10.9 Å². The smallest absolute Gasteiger partial charge is 0.244 e. The van der Waals surface area contributed by atoms with Crippen molar-refractivity contribution < 1.29 is 12.3 Å². The van der Waals surface area contributed by atoms with Gasteiger partial charge in [0.15, 0.2) is 0 Å². The molecule has 3 nitrogen and oxygen atoms in total. The molecule has 1 rings (SSSR count). The normalized spacial score (nSPS) is 11.6. The van der Waals surface area contributed by atoms with E-state index in [9.17, 15) is 12.3 Å². The fraction of sp³-hybridized carbons (Fsp3) is 0.286. The Labute approximate surface area is 80.8 Å². The Morgan fingerprint density at radius 1 is 1.62 bits per heavy atom. The summed E-state index contributed by atoms with van der Waals surface area (Å²) in [5.74, 6) is -0.655. The van der Waals surface area contributed by atoms with Gasteiger partial charge in [0.25, 0.3) is 0 Å². The Hall–Kier alpha value is -0.680. The molecule has 0 N–H and O–H groups in total. The fourth-order valence-electron chi connectivity index (χ4n) is 0.894. The van der Waals surface area contributed by atoms with Gasteiger partial charge in [-0.3, -0.25) is 0 Å². The van der Waals surface area contributed by atoms with Crippen LogP contribution < -0.4 is 0 Å². The van der Waals surface area contributed by atoms with Crippen molar-refractivity contribution >= 4 is 21.8 Å². The average molecular weight is 224 g/mol. The molecule has 0 bridgehead atoms. The highest BCUT2D eigenvalue weighted by Crippen LogP contribution is 2.14. The maximum absolute atomic E-state index is 12.2. The number of nitrogens with zero attached hydrogens (tertiary/aromatic N) is 1. The topological polar surface area (TPSA) is 47.0 Å². The van der Waals surface area contributed by atoms with E-state index < -0.39 is 16.0 Å². The fourth-order valence-corrected chi connectivity index (χ4v) is 1.55. The van der Waals surface area contributed by atoms with Crippen molar-refractivity contribution in [3.8, 4) is 0 Å². The molecule has 6 heteroatoms. The number of aryl methyl sites for hydroxylation is 1. The van der Waals surface area contributed by atoms with Crippen molar-refractivity contribution in [2.24, 2.45) is 0 Å². The number of halogens is 2. The Balaban J connectivity index is 2.99. The van der Waals surface area contributed by atoms with Crippen LogP contribution in [0.25, 0.3) is 0 Å². The molecule has 1 aromatic heterocycles. The van der Waals surface area contributed by atoms with Crippen LogP contribution in [0.5, 0.6) is 0 Å². The Bertz CT molecular complexity index is 419. The first-order chi connectivity index (χ1) is 5.88. The minimum absolute atomic E-state index is 0.292. The van der Waals surface area contributed by atoms with E-state index in [0.717, 1.165) is 0 Å². The summed E-state index contributed by atoms with van der Waals surface area (Å²) in [6.07, 6.45) is 1.24. The summed E-state index contributed by atoms with van der Waals surface area (Å²) in [5.41, 5.74) is 0.923. The molecule has 1 heterocycles. The number of hydrogen-bond acceptors (Lipinski definition) is 3. The molecule has 0 aliphatic rings. The van der Waals surface area contributed by atoms with Crippen molar-refractivity contribution in [1.29, 1.82) is 0 Å². The summed E-state index contributed by atoms with van der Waals surface area (Å²) >= 11 is 5.60. The predicted octanol–water partition coefficient (Wildman–Crippen LogP) is 1.84. The SMILES string of the molecule is Cc1cc(CS(=O)(=O)F)cnc1Cl. The third-order valence-electron chi connectivity index (χ3n) is 1.41. The van der Waals surface area contributed by atoms with Crippen LogP contribution in [0.3, 0.4) is 0 Å². The average Bonchev–Trinajstić information content (AvgIpc) is 1.94. The second-order valence-electron chi connectivity index (χ2n) is 2.63. The minimum Gasteiger partial charge on any atom is -0.244 e. The van der Waals surface area contributed by atoms with Gasteiger partial charge in [-0.15, -0.1) is 3.89 Å². The zero-order valence-corrected chi connectivity index (χ0v) is 8.36. The quantitative estimate of drug-likeness (QED) is 0.568. The number of aromatic nitrogens is 1. The summed E-state index contributed by atoms with van der Waals surface area (Å²) < 4.78 is 32.8. The highest BCUT2D eigenvalue weighted by molar-refractivity contribution is 7.85. The molecule has 0 saturated heterocycles. The lowest BCUT2D eigenvalue weighted by Gasteiger charge is -1.99. The van der Waals surface area contributed by atoms with E-state index in [-0.39, 0.29) is 0 Å². The first-order valence-corrected chi connectivity index (χ1v) is 5.35. The maximum Gasteiger partial charge on any atom is 0.306 e. The summed E-state index contributed by atoms with van der Waals surface area (Å²) in [4.78, 5) is 3.70. The third-order valence-corrected chi connectivity index (χ3v) is 2.48. The second kappa shape index (κ2) is 3.59. The van der Waals surface area contributed by atoms with Gasteiger partial charge in [-0.05, 0) is 18.1 Å². The van der Waals surface area contributed by atoms with E-state index in [4.69, 9.17) is 11.6 Å². The second-order valence-corrected chi connectivity index (χ2v) is 4.36. The molecular weight excluding hydrogens is 217 g/mol. The maximum atomic E-state index is 12.2. The molecule has 0 spiro atoms. The zero-order chi connectivity index (χ0) is 10.1. The molecule has 0 aliphatic heterocycles. The summed E-state index contributed by atoms with van der Waals surface area (Å²) in [6, 6.07) is 1.49. The largest absolute Gasteiger partial charge is 0.306 e. The van der Waals surface area contributed by atoms with Gasteiger partial charge in [0.05, 0.1) is 0 Å². The van der Waals surface area contributed by atoms with Gasteiger partial charge < -0.3 is 0 Å². The van der Waals surface area contributed by atoms with Gasteiger partial charge in [-0.25, -0.2) is 4.98 Å². The van der Waals surface area contributed by atoms with E-state index in [1.807, 2.05) is 0 Å². The monoisotopic (exact) mass is 223 g/mol. The summed E-state index contributed by atoms with van der Waals surface area (Å²) in [5, 5.41) is 0.292. The molecule has 0 atom stereocenters. The molecule has 0 saturated carbocycles. The molecule has 0 aliphatic carbocycles. The molecule has 0 amide bonds.